The van der Waals surface area contributed by atoms with Gasteiger partial charge in [0, 0.05) is 48.1 Å². The van der Waals surface area contributed by atoms with E-state index in [0.29, 0.717) is 6.42 Å². The molecule has 0 saturated heterocycles. The van der Waals surface area contributed by atoms with Gasteiger partial charge in [-0.2, -0.15) is 10.9 Å². The number of unbranched alkanes of at least 4 members (excludes halogenated alkanes) is 3. The van der Waals surface area contributed by atoms with Crippen molar-refractivity contribution >= 4 is 46.4 Å². The van der Waals surface area contributed by atoms with E-state index in [1.807, 2.05) is 153 Å². The molecule has 330 valence electrons. The third-order valence-corrected chi connectivity index (χ3v) is 11.2. The molecule has 0 radical (unpaired) electrons. The first-order chi connectivity index (χ1) is 31.3. The molecule has 1 unspecified atom stereocenters. The Morgan fingerprint density at radius 2 is 0.906 bits per heavy atom. The third kappa shape index (κ3) is 11.5. The van der Waals surface area contributed by atoms with E-state index >= 15 is 0 Å². The van der Waals surface area contributed by atoms with Crippen LogP contribution in [-0.2, 0) is 9.59 Å². The minimum Gasteiger partial charge on any atom is -0.550 e. The van der Waals surface area contributed by atoms with Crippen LogP contribution in [-0.4, -0.2) is 33.6 Å². The summed E-state index contributed by atoms with van der Waals surface area (Å²) in [7, 11) is 0. The van der Waals surface area contributed by atoms with Crippen molar-refractivity contribution in [2.75, 3.05) is 20.5 Å². The van der Waals surface area contributed by atoms with Gasteiger partial charge in [0.15, 0.2) is 0 Å². The Balaban J connectivity index is 0.000000161. The number of hydrogen-bond acceptors (Lipinski definition) is 12. The molecule has 8 rings (SSSR count). The van der Waals surface area contributed by atoms with E-state index in [9.17, 15) is 19.8 Å². The number of anilines is 4. The summed E-state index contributed by atoms with van der Waals surface area (Å²) in [5.41, 5.74) is 9.01. The predicted molar refractivity (Wildman–Crippen MR) is 246 cm³/mol. The van der Waals surface area contributed by atoms with Gasteiger partial charge in [-0.15, -0.1) is 20.5 Å². The Hall–Kier alpha value is -7.42. The first-order valence-electron chi connectivity index (χ1n) is 21.8. The lowest BCUT2D eigenvalue weighted by Gasteiger charge is -2.41. The number of quaternary nitrogens is 2. The lowest BCUT2D eigenvalue weighted by molar-refractivity contribution is -0.545. The van der Waals surface area contributed by atoms with Crippen molar-refractivity contribution in [3.05, 3.63) is 182 Å². The van der Waals surface area contributed by atoms with Crippen LogP contribution in [0, 0.1) is 11.3 Å². The average Bonchev–Trinajstić information content (AvgIpc) is 4.02. The van der Waals surface area contributed by atoms with Crippen LogP contribution in [0.25, 0.3) is 0 Å². The molecule has 4 heterocycles. The molecule has 2 aromatic heterocycles. The molecule has 2 aliphatic heterocycles. The molecule has 4 aromatic carbocycles. The van der Waals surface area contributed by atoms with E-state index in [-0.39, 0.29) is 12.8 Å². The zero-order valence-electron chi connectivity index (χ0n) is 36.6. The molecule has 64 heavy (non-hydrogen) atoms. The molecule has 1 atom stereocenters. The topological polar surface area (TPSA) is 177 Å². The van der Waals surface area contributed by atoms with Crippen molar-refractivity contribution in [2.45, 2.75) is 65.7 Å². The fraction of sp³-hybridized carbons (Fsp3) is 0.240. The maximum absolute atomic E-state index is 11.3. The molecular formula is C50H56N10O4. The summed E-state index contributed by atoms with van der Waals surface area (Å²) < 4.78 is 0. The van der Waals surface area contributed by atoms with E-state index in [1.165, 1.54) is 0 Å². The minimum atomic E-state index is -1.29. The number of nitrogens with two attached hydrogens (primary N) is 2. The molecule has 14 heteroatoms. The largest absolute Gasteiger partial charge is 0.550 e. The van der Waals surface area contributed by atoms with Crippen LogP contribution in [0.4, 0.5) is 22.7 Å². The molecule has 0 bridgehead atoms. The second kappa shape index (κ2) is 23.1. The zero-order valence-corrected chi connectivity index (χ0v) is 36.6. The molecule has 2 aliphatic rings. The van der Waals surface area contributed by atoms with Gasteiger partial charge in [-0.3, -0.25) is 9.97 Å². The van der Waals surface area contributed by atoms with E-state index in [4.69, 9.17) is 10.2 Å². The monoisotopic (exact) mass is 860 g/mol. The number of hydrazone groups is 2. The summed E-state index contributed by atoms with van der Waals surface area (Å²) in [6, 6.07) is 48.5. The Morgan fingerprint density at radius 1 is 0.531 bits per heavy atom. The summed E-state index contributed by atoms with van der Waals surface area (Å²) in [6.45, 7) is 5.46. The SMILES string of the molecule is CCCCCCC(C(=O)[O-])C(CC)(CC)C(=O)[O-].c1ccc(N2N=C(c3ccncc3)[NH2+]N2c2ccccc2)cc1.c1ccc(N2N=C(c3ccncc3)[NH2+]N2c2ccccc2)cc1. The number of hydrogen-bond donors (Lipinski definition) is 2. The molecule has 0 fully saturated rings. The van der Waals surface area contributed by atoms with E-state index < -0.39 is 23.3 Å². The zero-order chi connectivity index (χ0) is 45.2. The normalized spacial score (nSPS) is 13.8. The second-order valence-corrected chi connectivity index (χ2v) is 15.2. The Labute approximate surface area is 375 Å². The molecule has 4 N–H and O–H groups in total. The van der Waals surface area contributed by atoms with Crippen molar-refractivity contribution in [3.8, 4) is 0 Å². The fourth-order valence-corrected chi connectivity index (χ4v) is 7.59. The number of amidine groups is 2. The standard InChI is InChI=1S/2C18H15N5.C14H26O4/c2*1-3-7-16(8-4-1)22-20-18(15-11-13-19-14-12-15)21-23(22)17-9-5-2-6-10-17;1-4-7-8-9-10-11(12(15)16)14(5-2,6-3)13(17)18/h2*1-14H,(H,20,21);11H,4-10H2,1-3H3,(H,15,16)(H,17,18). The van der Waals surface area contributed by atoms with Crippen molar-refractivity contribution in [1.82, 2.24) is 9.97 Å². The maximum atomic E-state index is 11.3. The number of benzene rings is 4. The molecular weight excluding hydrogens is 805 g/mol. The average molecular weight is 861 g/mol. The van der Waals surface area contributed by atoms with Crippen molar-refractivity contribution in [1.29, 1.82) is 0 Å². The molecule has 6 aromatic rings. The van der Waals surface area contributed by atoms with Crippen molar-refractivity contribution in [2.24, 2.45) is 21.5 Å². The number of carboxylic acids is 2. The van der Waals surface area contributed by atoms with Crippen molar-refractivity contribution < 1.29 is 30.7 Å². The number of nitrogens with zero attached hydrogens (tertiary/aromatic N) is 8. The van der Waals surface area contributed by atoms with Gasteiger partial charge in [-0.25, -0.2) is 0 Å². The second-order valence-electron chi connectivity index (χ2n) is 15.2. The number of aliphatic carboxylic acids is 2. The van der Waals surface area contributed by atoms with E-state index in [2.05, 4.69) is 41.2 Å². The first-order valence-corrected chi connectivity index (χ1v) is 21.8. The summed E-state index contributed by atoms with van der Waals surface area (Å²) in [5, 5.41) is 40.0. The predicted octanol–water partition coefficient (Wildman–Crippen LogP) is 5.21. The molecule has 14 nitrogen and oxygen atoms in total. The number of carbonyl (C=O) groups excluding carboxylic acids is 2. The van der Waals surface area contributed by atoms with Gasteiger partial charge in [-0.05, 0) is 92.1 Å². The number of hydrazine groups is 2. The lowest BCUT2D eigenvalue weighted by Crippen LogP contribution is -2.96. The Morgan fingerprint density at radius 3 is 1.23 bits per heavy atom. The molecule has 0 amide bonds. The summed E-state index contributed by atoms with van der Waals surface area (Å²) >= 11 is 0. The molecule has 0 saturated carbocycles. The van der Waals surface area contributed by atoms with Crippen LogP contribution >= 0.6 is 0 Å². The highest BCUT2D eigenvalue weighted by Gasteiger charge is 2.38. The number of para-hydroxylation sites is 4. The lowest BCUT2D eigenvalue weighted by atomic mass is 9.69. The highest BCUT2D eigenvalue weighted by molar-refractivity contribution is 5.94. The summed E-state index contributed by atoms with van der Waals surface area (Å²) in [5.74, 6) is -1.67. The maximum Gasteiger partial charge on any atom is 0.277 e. The molecule has 0 spiro atoms. The van der Waals surface area contributed by atoms with Gasteiger partial charge in [0.25, 0.3) is 11.7 Å². The van der Waals surface area contributed by atoms with Gasteiger partial charge < -0.3 is 19.8 Å². The number of rotatable bonds is 16. The van der Waals surface area contributed by atoms with Crippen LogP contribution < -0.4 is 41.5 Å². The molecule has 0 aliphatic carbocycles. The van der Waals surface area contributed by atoms with Crippen LogP contribution in [0.3, 0.4) is 0 Å². The third-order valence-electron chi connectivity index (χ3n) is 11.2. The van der Waals surface area contributed by atoms with Gasteiger partial charge in [0.2, 0.25) is 0 Å². The quantitative estimate of drug-likeness (QED) is 0.0971. The Bertz CT molecular complexity index is 2250. The van der Waals surface area contributed by atoms with Gasteiger partial charge in [0.1, 0.15) is 11.4 Å². The van der Waals surface area contributed by atoms with Crippen LogP contribution in [0.5, 0.6) is 0 Å². The van der Waals surface area contributed by atoms with Crippen molar-refractivity contribution in [3.63, 3.8) is 0 Å². The number of carboxylic acid groups (broad SMARTS) is 2. The summed E-state index contributed by atoms with van der Waals surface area (Å²) in [4.78, 5) is 30.7. The van der Waals surface area contributed by atoms with Crippen LogP contribution in [0.2, 0.25) is 0 Å². The van der Waals surface area contributed by atoms with Gasteiger partial charge in [0.05, 0.1) is 22.5 Å². The smallest absolute Gasteiger partial charge is 0.277 e. The first kappa shape index (κ1) is 46.1. The highest BCUT2D eigenvalue weighted by Crippen LogP contribution is 2.38. The number of pyridine rings is 2. The Kier molecular flexibility index (Phi) is 16.7. The van der Waals surface area contributed by atoms with Crippen LogP contribution in [0.15, 0.2) is 181 Å². The van der Waals surface area contributed by atoms with Gasteiger partial charge in [-0.1, -0.05) is 129 Å². The number of aromatic nitrogens is 2. The summed E-state index contributed by atoms with van der Waals surface area (Å²) in [6.07, 6.45) is 11.8. The van der Waals surface area contributed by atoms with E-state index in [0.717, 1.165) is 71.2 Å². The fourth-order valence-electron chi connectivity index (χ4n) is 7.59. The minimum absolute atomic E-state index is 0.262. The van der Waals surface area contributed by atoms with Gasteiger partial charge >= 0.3 is 0 Å². The number of carbonyl (C=O) groups is 2. The van der Waals surface area contributed by atoms with Crippen LogP contribution in [0.1, 0.15) is 76.8 Å². The van der Waals surface area contributed by atoms with E-state index in [1.54, 1.807) is 38.6 Å². The highest BCUT2D eigenvalue weighted by atomic mass is 16.4.